The second kappa shape index (κ2) is 5.66. The molecule has 1 aromatic carbocycles. The number of piperazine rings is 1. The summed E-state index contributed by atoms with van der Waals surface area (Å²) in [6, 6.07) is 3.69. The summed E-state index contributed by atoms with van der Waals surface area (Å²) in [6.45, 7) is 10.2. The number of rotatable bonds is 3. The molecule has 0 aliphatic carbocycles. The van der Waals surface area contributed by atoms with Gasteiger partial charge in [0.15, 0.2) is 0 Å². The quantitative estimate of drug-likeness (QED) is 0.520. The first kappa shape index (κ1) is 14.6. The maximum Gasteiger partial charge on any atom is 0.292 e. The van der Waals surface area contributed by atoms with Crippen molar-refractivity contribution in [2.45, 2.75) is 26.8 Å². The van der Waals surface area contributed by atoms with Gasteiger partial charge < -0.3 is 10.6 Å². The molecule has 2 rings (SSSR count). The van der Waals surface area contributed by atoms with Crippen LogP contribution in [0.3, 0.4) is 0 Å². The van der Waals surface area contributed by atoms with Crippen molar-refractivity contribution in [2.24, 2.45) is 0 Å². The zero-order valence-electron chi connectivity index (χ0n) is 12.3. The Morgan fingerprint density at radius 3 is 2.70 bits per heavy atom. The maximum atomic E-state index is 10.9. The minimum absolute atomic E-state index is 0.00824. The second-order valence-corrected chi connectivity index (χ2v) is 5.39. The van der Waals surface area contributed by atoms with Crippen LogP contribution in [0.5, 0.6) is 0 Å². The van der Waals surface area contributed by atoms with E-state index in [1.54, 1.807) is 12.1 Å². The normalized spacial score (nSPS) is 20.1. The van der Waals surface area contributed by atoms with Crippen LogP contribution in [0, 0.1) is 17.0 Å². The molecule has 110 valence electrons. The van der Waals surface area contributed by atoms with Crippen molar-refractivity contribution in [3.05, 3.63) is 27.8 Å². The van der Waals surface area contributed by atoms with E-state index in [1.165, 1.54) is 0 Å². The number of nitro groups is 1. The highest BCUT2D eigenvalue weighted by Crippen LogP contribution is 2.32. The van der Waals surface area contributed by atoms with E-state index >= 15 is 0 Å². The first-order valence-electron chi connectivity index (χ1n) is 6.97. The van der Waals surface area contributed by atoms with Crippen molar-refractivity contribution in [2.75, 3.05) is 36.8 Å². The van der Waals surface area contributed by atoms with Crippen LogP contribution in [0.2, 0.25) is 0 Å². The van der Waals surface area contributed by atoms with Crippen molar-refractivity contribution < 1.29 is 4.92 Å². The standard InChI is InChI=1S/C14H22N4O2/c1-4-16-5-6-17(11(3)9-16)13-8-12(15)14(18(19)20)7-10(13)2/h7-8,11H,4-6,9,15H2,1-3H3. The number of hydrogen-bond donors (Lipinski definition) is 1. The van der Waals surface area contributed by atoms with Crippen molar-refractivity contribution in [1.82, 2.24) is 4.90 Å². The molecule has 1 saturated heterocycles. The number of nitrogens with zero attached hydrogens (tertiary/aromatic N) is 3. The number of aryl methyl sites for hydroxylation is 1. The third kappa shape index (κ3) is 2.70. The second-order valence-electron chi connectivity index (χ2n) is 5.39. The summed E-state index contributed by atoms with van der Waals surface area (Å²) >= 11 is 0. The van der Waals surface area contributed by atoms with Gasteiger partial charge in [-0.05, 0) is 32.0 Å². The lowest BCUT2D eigenvalue weighted by molar-refractivity contribution is -0.383. The summed E-state index contributed by atoms with van der Waals surface area (Å²) in [5.41, 5.74) is 7.96. The summed E-state index contributed by atoms with van der Waals surface area (Å²) in [4.78, 5) is 15.2. The average molecular weight is 278 g/mol. The Labute approximate surface area is 119 Å². The zero-order valence-corrected chi connectivity index (χ0v) is 12.3. The van der Waals surface area contributed by atoms with Gasteiger partial charge in [-0.15, -0.1) is 0 Å². The SMILES string of the molecule is CCN1CCN(c2cc(N)c([N+](=O)[O-])cc2C)C(C)C1. The molecule has 0 amide bonds. The monoisotopic (exact) mass is 278 g/mol. The fourth-order valence-corrected chi connectivity index (χ4v) is 2.84. The minimum atomic E-state index is -0.426. The fraction of sp³-hybridized carbons (Fsp3) is 0.571. The van der Waals surface area contributed by atoms with Gasteiger partial charge in [-0.2, -0.15) is 0 Å². The highest BCUT2D eigenvalue weighted by Gasteiger charge is 2.25. The molecule has 6 heteroatoms. The molecule has 20 heavy (non-hydrogen) atoms. The summed E-state index contributed by atoms with van der Waals surface area (Å²) < 4.78 is 0. The zero-order chi connectivity index (χ0) is 14.9. The van der Waals surface area contributed by atoms with Crippen molar-refractivity contribution in [1.29, 1.82) is 0 Å². The number of nitrogens with two attached hydrogens (primary N) is 1. The molecule has 0 radical (unpaired) electrons. The van der Waals surface area contributed by atoms with Crippen LogP contribution in [-0.4, -0.2) is 42.0 Å². The van der Waals surface area contributed by atoms with Gasteiger partial charge in [0.05, 0.1) is 4.92 Å². The van der Waals surface area contributed by atoms with Crippen LogP contribution >= 0.6 is 0 Å². The molecule has 2 N–H and O–H groups in total. The number of likely N-dealkylation sites (N-methyl/N-ethyl adjacent to an activating group) is 1. The van der Waals surface area contributed by atoms with Crippen molar-refractivity contribution in [3.8, 4) is 0 Å². The molecule has 0 saturated carbocycles. The molecule has 0 spiro atoms. The third-order valence-corrected chi connectivity index (χ3v) is 4.01. The molecule has 1 aliphatic rings. The summed E-state index contributed by atoms with van der Waals surface area (Å²) in [6.07, 6.45) is 0. The Balaban J connectivity index is 2.29. The van der Waals surface area contributed by atoms with E-state index < -0.39 is 4.92 Å². The van der Waals surface area contributed by atoms with E-state index in [-0.39, 0.29) is 11.4 Å². The number of benzene rings is 1. The van der Waals surface area contributed by atoms with E-state index in [4.69, 9.17) is 5.73 Å². The Kier molecular flexibility index (Phi) is 4.13. The molecule has 6 nitrogen and oxygen atoms in total. The number of nitro benzene ring substituents is 1. The molecule has 1 aromatic rings. The van der Waals surface area contributed by atoms with Gasteiger partial charge in [-0.1, -0.05) is 6.92 Å². The Hall–Kier alpha value is -1.82. The first-order valence-corrected chi connectivity index (χ1v) is 6.97. The van der Waals surface area contributed by atoms with E-state index in [9.17, 15) is 10.1 Å². The summed E-state index contributed by atoms with van der Waals surface area (Å²) in [5.74, 6) is 0. The lowest BCUT2D eigenvalue weighted by atomic mass is 10.1. The first-order chi connectivity index (χ1) is 9.43. The highest BCUT2D eigenvalue weighted by atomic mass is 16.6. The van der Waals surface area contributed by atoms with Gasteiger partial charge in [0.2, 0.25) is 0 Å². The van der Waals surface area contributed by atoms with Crippen LogP contribution in [0.25, 0.3) is 0 Å². The van der Waals surface area contributed by atoms with Crippen LogP contribution in [0.1, 0.15) is 19.4 Å². The molecular weight excluding hydrogens is 256 g/mol. The Bertz CT molecular complexity index is 518. The fourth-order valence-electron chi connectivity index (χ4n) is 2.84. The van der Waals surface area contributed by atoms with Gasteiger partial charge in [0.1, 0.15) is 5.69 Å². The lowest BCUT2D eigenvalue weighted by Crippen LogP contribution is -2.52. The smallest absolute Gasteiger partial charge is 0.292 e. The largest absolute Gasteiger partial charge is 0.393 e. The molecule has 1 heterocycles. The van der Waals surface area contributed by atoms with E-state index in [0.29, 0.717) is 6.04 Å². The number of hydrogen-bond acceptors (Lipinski definition) is 5. The van der Waals surface area contributed by atoms with E-state index in [1.807, 2.05) is 6.92 Å². The van der Waals surface area contributed by atoms with Crippen LogP contribution in [0.15, 0.2) is 12.1 Å². The Morgan fingerprint density at radius 1 is 1.45 bits per heavy atom. The van der Waals surface area contributed by atoms with Crippen molar-refractivity contribution in [3.63, 3.8) is 0 Å². The van der Waals surface area contributed by atoms with E-state index in [2.05, 4.69) is 23.6 Å². The lowest BCUT2D eigenvalue weighted by Gasteiger charge is -2.41. The number of anilines is 2. The number of nitrogen functional groups attached to an aromatic ring is 1. The van der Waals surface area contributed by atoms with Crippen LogP contribution in [-0.2, 0) is 0 Å². The van der Waals surface area contributed by atoms with Gasteiger partial charge in [-0.3, -0.25) is 15.0 Å². The topological polar surface area (TPSA) is 75.6 Å². The van der Waals surface area contributed by atoms with Gasteiger partial charge in [-0.25, -0.2) is 0 Å². The van der Waals surface area contributed by atoms with Crippen molar-refractivity contribution >= 4 is 17.1 Å². The molecular formula is C14H22N4O2. The predicted molar refractivity (Wildman–Crippen MR) is 81.2 cm³/mol. The summed E-state index contributed by atoms with van der Waals surface area (Å²) in [7, 11) is 0. The average Bonchev–Trinajstić information content (AvgIpc) is 2.40. The minimum Gasteiger partial charge on any atom is -0.393 e. The Morgan fingerprint density at radius 2 is 2.15 bits per heavy atom. The molecule has 1 unspecified atom stereocenters. The van der Waals surface area contributed by atoms with Crippen LogP contribution in [0.4, 0.5) is 17.1 Å². The molecule has 0 bridgehead atoms. The predicted octanol–water partition coefficient (Wildman–Crippen LogP) is 2.02. The van der Waals surface area contributed by atoms with Gasteiger partial charge >= 0.3 is 0 Å². The molecule has 1 fully saturated rings. The van der Waals surface area contributed by atoms with Crippen LogP contribution < -0.4 is 10.6 Å². The highest BCUT2D eigenvalue weighted by molar-refractivity contribution is 5.70. The van der Waals surface area contributed by atoms with Gasteiger partial charge in [0, 0.05) is 37.4 Å². The summed E-state index contributed by atoms with van der Waals surface area (Å²) in [5, 5.41) is 10.9. The van der Waals surface area contributed by atoms with Gasteiger partial charge in [0.25, 0.3) is 5.69 Å². The molecule has 1 atom stereocenters. The maximum absolute atomic E-state index is 10.9. The van der Waals surface area contributed by atoms with E-state index in [0.717, 1.165) is 37.4 Å². The molecule has 0 aromatic heterocycles. The molecule has 1 aliphatic heterocycles. The third-order valence-electron chi connectivity index (χ3n) is 4.01.